The van der Waals surface area contributed by atoms with Gasteiger partial charge < -0.3 is 5.32 Å². The minimum atomic E-state index is 0.0502. The first kappa shape index (κ1) is 11.0. The van der Waals surface area contributed by atoms with Gasteiger partial charge in [-0.2, -0.15) is 0 Å². The summed E-state index contributed by atoms with van der Waals surface area (Å²) in [7, 11) is 0. The molecule has 1 aliphatic heterocycles. The van der Waals surface area contributed by atoms with E-state index in [1.165, 1.54) is 5.84 Å². The molecule has 0 saturated heterocycles. The fraction of sp³-hybridized carbons (Fsp3) is 0.800. The zero-order valence-electron chi connectivity index (χ0n) is 9.34. The van der Waals surface area contributed by atoms with Crippen molar-refractivity contribution in [3.63, 3.8) is 0 Å². The summed E-state index contributed by atoms with van der Waals surface area (Å²) < 4.78 is 2.35. The number of rotatable bonds is 4. The first-order chi connectivity index (χ1) is 6.65. The van der Waals surface area contributed by atoms with E-state index in [-0.39, 0.29) is 5.91 Å². The molecule has 0 bridgehead atoms. The van der Waals surface area contributed by atoms with Gasteiger partial charge in [0, 0.05) is 13.8 Å². The lowest BCUT2D eigenvalue weighted by molar-refractivity contribution is -0.514. The highest BCUT2D eigenvalue weighted by atomic mass is 16.1. The average molecular weight is 198 g/mol. The lowest BCUT2D eigenvalue weighted by Gasteiger charge is -2.10. The highest BCUT2D eigenvalue weighted by Crippen LogP contribution is 2.00. The molecule has 1 aliphatic rings. The fourth-order valence-electron chi connectivity index (χ4n) is 1.79. The summed E-state index contributed by atoms with van der Waals surface area (Å²) in [5.74, 6) is 1.38. The number of amidine groups is 1. The molecule has 80 valence electrons. The molecule has 0 aromatic heterocycles. The van der Waals surface area contributed by atoms with E-state index in [2.05, 4.69) is 28.6 Å². The van der Waals surface area contributed by atoms with E-state index in [0.717, 1.165) is 32.7 Å². The Hall–Kier alpha value is -1.06. The summed E-state index contributed by atoms with van der Waals surface area (Å²) in [4.78, 5) is 13.0. The second-order valence-electron chi connectivity index (χ2n) is 3.60. The lowest BCUT2D eigenvalue weighted by atomic mass is 10.4. The number of likely N-dealkylation sites (N-methyl/N-ethyl adjacent to an activating group) is 1. The van der Waals surface area contributed by atoms with E-state index in [9.17, 15) is 4.79 Å². The molecule has 0 unspecified atom stereocenters. The molecule has 0 radical (unpaired) electrons. The van der Waals surface area contributed by atoms with Crippen molar-refractivity contribution in [1.29, 1.82) is 0 Å². The maximum atomic E-state index is 10.7. The van der Waals surface area contributed by atoms with Crippen molar-refractivity contribution in [2.75, 3.05) is 32.7 Å². The minimum Gasteiger partial charge on any atom is -0.352 e. The SMILES string of the molecule is CC[N+]1=C(C)N(CCNC(C)=O)CC1. The second kappa shape index (κ2) is 4.98. The van der Waals surface area contributed by atoms with Crippen molar-refractivity contribution in [3.8, 4) is 0 Å². The van der Waals surface area contributed by atoms with Crippen LogP contribution in [0.3, 0.4) is 0 Å². The molecule has 0 fully saturated rings. The van der Waals surface area contributed by atoms with Crippen LogP contribution in [0.2, 0.25) is 0 Å². The molecular formula is C10H20N3O+. The van der Waals surface area contributed by atoms with Gasteiger partial charge in [0.25, 0.3) is 0 Å². The summed E-state index contributed by atoms with van der Waals surface area (Å²) in [6.07, 6.45) is 0. The maximum absolute atomic E-state index is 10.7. The van der Waals surface area contributed by atoms with Gasteiger partial charge in [0.15, 0.2) is 0 Å². The molecular weight excluding hydrogens is 178 g/mol. The molecule has 14 heavy (non-hydrogen) atoms. The van der Waals surface area contributed by atoms with Gasteiger partial charge in [0.05, 0.1) is 13.1 Å². The number of hydrogen-bond acceptors (Lipinski definition) is 2. The highest BCUT2D eigenvalue weighted by Gasteiger charge is 2.24. The predicted octanol–water partition coefficient (Wildman–Crippen LogP) is -0.111. The number of hydrogen-bond donors (Lipinski definition) is 1. The van der Waals surface area contributed by atoms with Gasteiger partial charge in [-0.1, -0.05) is 0 Å². The van der Waals surface area contributed by atoms with Crippen molar-refractivity contribution >= 4 is 11.7 Å². The van der Waals surface area contributed by atoms with Gasteiger partial charge in [0.2, 0.25) is 11.7 Å². The summed E-state index contributed by atoms with van der Waals surface area (Å²) in [5.41, 5.74) is 0. The number of nitrogens with one attached hydrogen (secondary N) is 1. The Labute approximate surface area is 85.6 Å². The number of carbonyl (C=O) groups is 1. The van der Waals surface area contributed by atoms with Crippen molar-refractivity contribution in [2.45, 2.75) is 20.8 Å². The summed E-state index contributed by atoms with van der Waals surface area (Å²) in [5, 5.41) is 2.81. The third kappa shape index (κ3) is 2.72. The normalized spacial score (nSPS) is 16.4. The third-order valence-electron chi connectivity index (χ3n) is 2.69. The van der Waals surface area contributed by atoms with Gasteiger partial charge in [-0.05, 0) is 6.92 Å². The largest absolute Gasteiger partial charge is 0.352 e. The van der Waals surface area contributed by atoms with E-state index in [1.54, 1.807) is 6.92 Å². The van der Waals surface area contributed by atoms with Crippen LogP contribution >= 0.6 is 0 Å². The van der Waals surface area contributed by atoms with Crippen LogP contribution in [-0.2, 0) is 4.79 Å². The smallest absolute Gasteiger partial charge is 0.243 e. The van der Waals surface area contributed by atoms with Gasteiger partial charge in [-0.15, -0.1) is 0 Å². The average Bonchev–Trinajstić information content (AvgIpc) is 2.47. The molecule has 0 saturated carbocycles. The first-order valence-electron chi connectivity index (χ1n) is 5.23. The molecule has 0 aliphatic carbocycles. The van der Waals surface area contributed by atoms with Gasteiger partial charge >= 0.3 is 0 Å². The van der Waals surface area contributed by atoms with Crippen molar-refractivity contribution < 1.29 is 9.37 Å². The lowest BCUT2D eigenvalue weighted by Crippen LogP contribution is -2.35. The molecule has 4 heteroatoms. The Morgan fingerprint density at radius 1 is 1.64 bits per heavy atom. The van der Waals surface area contributed by atoms with Crippen LogP contribution in [0.15, 0.2) is 0 Å². The van der Waals surface area contributed by atoms with E-state index < -0.39 is 0 Å². The molecule has 0 aromatic rings. The third-order valence-corrected chi connectivity index (χ3v) is 2.69. The Bertz CT molecular complexity index is 248. The van der Waals surface area contributed by atoms with Crippen LogP contribution in [0, 0.1) is 0 Å². The monoisotopic (exact) mass is 198 g/mol. The number of carbonyl (C=O) groups excluding carboxylic acids is 1. The maximum Gasteiger partial charge on any atom is 0.243 e. The molecule has 1 rings (SSSR count). The molecule has 1 N–H and O–H groups in total. The molecule has 1 heterocycles. The predicted molar refractivity (Wildman–Crippen MR) is 56.6 cm³/mol. The summed E-state index contributed by atoms with van der Waals surface area (Å²) >= 11 is 0. The van der Waals surface area contributed by atoms with Crippen molar-refractivity contribution in [3.05, 3.63) is 0 Å². The van der Waals surface area contributed by atoms with Crippen LogP contribution in [0.1, 0.15) is 20.8 Å². The van der Waals surface area contributed by atoms with Crippen molar-refractivity contribution in [2.24, 2.45) is 0 Å². The van der Waals surface area contributed by atoms with Crippen LogP contribution in [0.4, 0.5) is 0 Å². The topological polar surface area (TPSA) is 35.4 Å². The van der Waals surface area contributed by atoms with E-state index in [4.69, 9.17) is 0 Å². The zero-order valence-corrected chi connectivity index (χ0v) is 9.34. The van der Waals surface area contributed by atoms with Crippen LogP contribution in [0.25, 0.3) is 0 Å². The fourth-order valence-corrected chi connectivity index (χ4v) is 1.79. The Morgan fingerprint density at radius 2 is 2.36 bits per heavy atom. The Morgan fingerprint density at radius 3 is 2.86 bits per heavy atom. The van der Waals surface area contributed by atoms with Crippen LogP contribution in [0.5, 0.6) is 0 Å². The number of amides is 1. The second-order valence-corrected chi connectivity index (χ2v) is 3.60. The molecule has 0 aromatic carbocycles. The quantitative estimate of drug-likeness (QED) is 0.640. The standard InChI is InChI=1S/C10H19N3O/c1-4-12-7-8-13(10(12)3)6-5-11-9(2)14/h4-8H2,1-3H3/p+1. The van der Waals surface area contributed by atoms with Crippen LogP contribution in [-0.4, -0.2) is 53.9 Å². The molecule has 0 atom stereocenters. The summed E-state index contributed by atoms with van der Waals surface area (Å²) in [6, 6.07) is 0. The van der Waals surface area contributed by atoms with E-state index in [1.807, 2.05) is 0 Å². The molecule has 4 nitrogen and oxygen atoms in total. The zero-order chi connectivity index (χ0) is 10.6. The van der Waals surface area contributed by atoms with Gasteiger partial charge in [-0.3, -0.25) is 14.3 Å². The number of nitrogens with zero attached hydrogens (tertiary/aromatic N) is 2. The molecule has 1 amide bonds. The Balaban J connectivity index is 2.33. The van der Waals surface area contributed by atoms with Crippen molar-refractivity contribution in [1.82, 2.24) is 10.2 Å². The Kier molecular flexibility index (Phi) is 3.92. The van der Waals surface area contributed by atoms with E-state index in [0.29, 0.717) is 0 Å². The molecule has 0 spiro atoms. The minimum absolute atomic E-state index is 0.0502. The van der Waals surface area contributed by atoms with E-state index >= 15 is 0 Å². The highest BCUT2D eigenvalue weighted by molar-refractivity contribution is 5.76. The van der Waals surface area contributed by atoms with Gasteiger partial charge in [0.1, 0.15) is 19.6 Å². The first-order valence-corrected chi connectivity index (χ1v) is 5.23. The van der Waals surface area contributed by atoms with Gasteiger partial charge in [-0.25, -0.2) is 0 Å². The van der Waals surface area contributed by atoms with Crippen LogP contribution < -0.4 is 5.32 Å². The summed E-state index contributed by atoms with van der Waals surface area (Å²) in [6.45, 7) is 10.8.